The van der Waals surface area contributed by atoms with Gasteiger partial charge in [0.05, 0.1) is 5.69 Å². The summed E-state index contributed by atoms with van der Waals surface area (Å²) in [5, 5.41) is 3.17. The van der Waals surface area contributed by atoms with Crippen LogP contribution in [0.1, 0.15) is 18.9 Å². The number of nitrogens with two attached hydrogens (primary N) is 1. The Morgan fingerprint density at radius 2 is 2.36 bits per heavy atom. The molecule has 0 aliphatic heterocycles. The fraction of sp³-hybridized carbons (Fsp3) is 0.364. The van der Waals surface area contributed by atoms with Crippen LogP contribution in [0, 0.1) is 0 Å². The van der Waals surface area contributed by atoms with Gasteiger partial charge in [0, 0.05) is 18.4 Å². The molecule has 0 bridgehead atoms. The number of hydrogen-bond acceptors (Lipinski definition) is 3. The van der Waals surface area contributed by atoms with Gasteiger partial charge >= 0.3 is 0 Å². The Kier molecular flexibility index (Phi) is 4.13. The lowest BCUT2D eigenvalue weighted by Crippen LogP contribution is -2.19. The Hall–Kier alpha value is -1.35. The van der Waals surface area contributed by atoms with E-state index in [0.29, 0.717) is 11.7 Å². The molecule has 0 saturated carbocycles. The van der Waals surface area contributed by atoms with E-state index in [1.54, 1.807) is 12.4 Å². The Balaban J connectivity index is 2.51. The largest absolute Gasteiger partial charge is 0.397 e. The smallest absolute Gasteiger partial charge is 0.0506 e. The molecule has 0 saturated heterocycles. The summed E-state index contributed by atoms with van der Waals surface area (Å²) in [6, 6.07) is 2.41. The van der Waals surface area contributed by atoms with Crippen LogP contribution >= 0.6 is 0 Å². The first kappa shape index (κ1) is 10.7. The molecule has 1 aromatic heterocycles. The number of anilines is 1. The summed E-state index contributed by atoms with van der Waals surface area (Å²) < 4.78 is 0. The summed E-state index contributed by atoms with van der Waals surface area (Å²) in [6.45, 7) is 2.14. The lowest BCUT2D eigenvalue weighted by molar-refractivity contribution is 0.621. The highest BCUT2D eigenvalue weighted by molar-refractivity contribution is 5.53. The van der Waals surface area contributed by atoms with Gasteiger partial charge in [-0.1, -0.05) is 12.2 Å². The van der Waals surface area contributed by atoms with Crippen LogP contribution in [-0.4, -0.2) is 18.1 Å². The Morgan fingerprint density at radius 1 is 1.57 bits per heavy atom. The molecule has 0 aliphatic rings. The van der Waals surface area contributed by atoms with Crippen molar-refractivity contribution in [1.29, 1.82) is 0 Å². The fourth-order valence-corrected chi connectivity index (χ4v) is 1.09. The van der Waals surface area contributed by atoms with E-state index in [1.807, 2.05) is 19.2 Å². The zero-order valence-electron chi connectivity index (χ0n) is 8.70. The van der Waals surface area contributed by atoms with E-state index in [0.717, 1.165) is 12.0 Å². The van der Waals surface area contributed by atoms with Crippen molar-refractivity contribution >= 4 is 11.8 Å². The first-order chi connectivity index (χ1) is 6.72. The van der Waals surface area contributed by atoms with Crippen molar-refractivity contribution in [2.24, 2.45) is 0 Å². The van der Waals surface area contributed by atoms with E-state index in [-0.39, 0.29) is 0 Å². The number of rotatable bonds is 4. The van der Waals surface area contributed by atoms with E-state index >= 15 is 0 Å². The quantitative estimate of drug-likeness (QED) is 0.761. The summed E-state index contributed by atoms with van der Waals surface area (Å²) in [5.41, 5.74) is 7.36. The average molecular weight is 191 g/mol. The number of pyridine rings is 1. The number of nitrogens with one attached hydrogen (secondary N) is 1. The second kappa shape index (κ2) is 5.40. The van der Waals surface area contributed by atoms with Gasteiger partial charge in [-0.15, -0.1) is 0 Å². The van der Waals surface area contributed by atoms with Crippen molar-refractivity contribution in [2.75, 3.05) is 12.8 Å². The molecule has 0 spiro atoms. The molecule has 0 amide bonds. The second-order valence-electron chi connectivity index (χ2n) is 3.38. The minimum atomic E-state index is 0.500. The Bertz CT molecular complexity index is 307. The number of aromatic nitrogens is 1. The van der Waals surface area contributed by atoms with Gasteiger partial charge in [-0.3, -0.25) is 4.98 Å². The summed E-state index contributed by atoms with van der Waals surface area (Å²) in [4.78, 5) is 4.01. The van der Waals surface area contributed by atoms with Gasteiger partial charge < -0.3 is 11.1 Å². The van der Waals surface area contributed by atoms with Crippen molar-refractivity contribution in [2.45, 2.75) is 19.4 Å². The molecule has 0 aromatic carbocycles. The molecule has 1 unspecified atom stereocenters. The lowest BCUT2D eigenvalue weighted by atomic mass is 10.2. The Morgan fingerprint density at radius 3 is 3.00 bits per heavy atom. The molecule has 3 nitrogen and oxygen atoms in total. The molecule has 14 heavy (non-hydrogen) atoms. The molecular formula is C11H17N3. The highest BCUT2D eigenvalue weighted by Gasteiger charge is 1.93. The van der Waals surface area contributed by atoms with Gasteiger partial charge in [0.2, 0.25) is 0 Å². The van der Waals surface area contributed by atoms with Gasteiger partial charge in [0.1, 0.15) is 0 Å². The van der Waals surface area contributed by atoms with Crippen LogP contribution in [0.3, 0.4) is 0 Å². The van der Waals surface area contributed by atoms with E-state index in [2.05, 4.69) is 23.3 Å². The van der Waals surface area contributed by atoms with Crippen molar-refractivity contribution in [3.63, 3.8) is 0 Å². The first-order valence-corrected chi connectivity index (χ1v) is 4.76. The van der Waals surface area contributed by atoms with Crippen LogP contribution in [0.25, 0.3) is 6.08 Å². The van der Waals surface area contributed by atoms with Crippen molar-refractivity contribution in [3.05, 3.63) is 30.1 Å². The SMILES string of the molecule is CNC(C)CC=Cc1cncc(N)c1. The minimum absolute atomic E-state index is 0.500. The molecular weight excluding hydrogens is 174 g/mol. The number of hydrogen-bond donors (Lipinski definition) is 2. The number of nitrogen functional groups attached to an aromatic ring is 1. The number of nitrogens with zero attached hydrogens (tertiary/aromatic N) is 1. The van der Waals surface area contributed by atoms with E-state index in [9.17, 15) is 0 Å². The zero-order chi connectivity index (χ0) is 10.4. The molecule has 0 aliphatic carbocycles. The van der Waals surface area contributed by atoms with Crippen LogP contribution in [0.15, 0.2) is 24.5 Å². The van der Waals surface area contributed by atoms with E-state index in [4.69, 9.17) is 5.73 Å². The molecule has 3 heteroatoms. The van der Waals surface area contributed by atoms with Crippen molar-refractivity contribution < 1.29 is 0 Å². The van der Waals surface area contributed by atoms with Crippen molar-refractivity contribution in [1.82, 2.24) is 10.3 Å². The van der Waals surface area contributed by atoms with Gasteiger partial charge in [-0.25, -0.2) is 0 Å². The van der Waals surface area contributed by atoms with Crippen LogP contribution in [0.2, 0.25) is 0 Å². The zero-order valence-corrected chi connectivity index (χ0v) is 8.70. The highest BCUT2D eigenvalue weighted by Crippen LogP contribution is 2.06. The standard InChI is InChI=1S/C11H17N3/c1-9(13-2)4-3-5-10-6-11(12)8-14-7-10/h3,5-9,13H,4,12H2,1-2H3. The van der Waals surface area contributed by atoms with Crippen LogP contribution in [-0.2, 0) is 0 Å². The third kappa shape index (κ3) is 3.58. The minimum Gasteiger partial charge on any atom is -0.397 e. The van der Waals surface area contributed by atoms with Crippen LogP contribution in [0.4, 0.5) is 5.69 Å². The van der Waals surface area contributed by atoms with Gasteiger partial charge in [0.15, 0.2) is 0 Å². The topological polar surface area (TPSA) is 50.9 Å². The summed E-state index contributed by atoms with van der Waals surface area (Å²) >= 11 is 0. The van der Waals surface area contributed by atoms with Gasteiger partial charge in [0.25, 0.3) is 0 Å². The molecule has 0 radical (unpaired) electrons. The predicted molar refractivity (Wildman–Crippen MR) is 60.8 cm³/mol. The van der Waals surface area contributed by atoms with E-state index in [1.165, 1.54) is 0 Å². The molecule has 1 aromatic rings. The monoisotopic (exact) mass is 191 g/mol. The van der Waals surface area contributed by atoms with Crippen LogP contribution < -0.4 is 11.1 Å². The normalized spacial score (nSPS) is 13.3. The second-order valence-corrected chi connectivity index (χ2v) is 3.38. The summed E-state index contributed by atoms with van der Waals surface area (Å²) in [7, 11) is 1.96. The maximum absolute atomic E-state index is 5.61. The molecule has 1 rings (SSSR count). The van der Waals surface area contributed by atoms with Crippen LogP contribution in [0.5, 0.6) is 0 Å². The average Bonchev–Trinajstić information content (AvgIpc) is 2.17. The third-order valence-electron chi connectivity index (χ3n) is 2.07. The molecule has 1 atom stereocenters. The maximum Gasteiger partial charge on any atom is 0.0506 e. The fourth-order valence-electron chi connectivity index (χ4n) is 1.09. The third-order valence-corrected chi connectivity index (χ3v) is 2.07. The maximum atomic E-state index is 5.61. The predicted octanol–water partition coefficient (Wildman–Crippen LogP) is 1.67. The highest BCUT2D eigenvalue weighted by atomic mass is 14.8. The molecule has 76 valence electrons. The van der Waals surface area contributed by atoms with E-state index < -0.39 is 0 Å². The van der Waals surface area contributed by atoms with Crippen molar-refractivity contribution in [3.8, 4) is 0 Å². The molecule has 1 heterocycles. The van der Waals surface area contributed by atoms with Gasteiger partial charge in [-0.05, 0) is 32.0 Å². The molecule has 0 fully saturated rings. The first-order valence-electron chi connectivity index (χ1n) is 4.76. The lowest BCUT2D eigenvalue weighted by Gasteiger charge is -2.04. The van der Waals surface area contributed by atoms with Gasteiger partial charge in [-0.2, -0.15) is 0 Å². The summed E-state index contributed by atoms with van der Waals surface area (Å²) in [5.74, 6) is 0. The molecule has 3 N–H and O–H groups in total. The Labute approximate surface area is 85.0 Å². The summed E-state index contributed by atoms with van der Waals surface area (Å²) in [6.07, 6.45) is 8.62.